The van der Waals surface area contributed by atoms with E-state index in [0.29, 0.717) is 25.1 Å². The Balaban J connectivity index is 1.90. The fraction of sp³-hybridized carbons (Fsp3) is 0.0588. The molecule has 2 aromatic carbocycles. The van der Waals surface area contributed by atoms with E-state index in [4.69, 9.17) is 17.0 Å². The molecule has 24 heavy (non-hydrogen) atoms. The maximum absolute atomic E-state index is 13.3. The number of anilines is 1. The van der Waals surface area contributed by atoms with Gasteiger partial charge in [-0.05, 0) is 64.0 Å². The zero-order valence-corrected chi connectivity index (χ0v) is 15.7. The van der Waals surface area contributed by atoms with Crippen molar-refractivity contribution in [1.82, 2.24) is 0 Å². The normalized spacial score (nSPS) is 16.1. The zero-order valence-electron chi connectivity index (χ0n) is 12.5. The van der Waals surface area contributed by atoms with Crippen molar-refractivity contribution in [2.75, 3.05) is 12.0 Å². The van der Waals surface area contributed by atoms with Gasteiger partial charge in [0.2, 0.25) is 0 Å². The highest BCUT2D eigenvalue weighted by molar-refractivity contribution is 9.10. The molecule has 0 atom stereocenters. The van der Waals surface area contributed by atoms with Gasteiger partial charge in [0.25, 0.3) is 5.91 Å². The highest BCUT2D eigenvalue weighted by atomic mass is 79.9. The lowest BCUT2D eigenvalue weighted by atomic mass is 10.2. The number of hydrogen-bond donors (Lipinski definition) is 0. The van der Waals surface area contributed by atoms with E-state index in [1.165, 1.54) is 22.7 Å². The van der Waals surface area contributed by atoms with Crippen molar-refractivity contribution >= 4 is 61.9 Å². The Morgan fingerprint density at radius 2 is 1.96 bits per heavy atom. The molecule has 122 valence electrons. The minimum Gasteiger partial charge on any atom is -0.497 e. The third kappa shape index (κ3) is 3.38. The molecule has 2 aromatic rings. The number of carbonyl (C=O) groups is 1. The van der Waals surface area contributed by atoms with Crippen LogP contribution in [0.15, 0.2) is 51.8 Å². The molecule has 7 heteroatoms. The van der Waals surface area contributed by atoms with E-state index >= 15 is 0 Å². The Morgan fingerprint density at radius 3 is 2.58 bits per heavy atom. The minimum absolute atomic E-state index is 0.199. The number of thiocarbonyl (C=S) groups is 1. The average Bonchev–Trinajstić information content (AvgIpc) is 2.85. The van der Waals surface area contributed by atoms with Crippen LogP contribution in [0.4, 0.5) is 10.1 Å². The first-order valence-corrected chi connectivity index (χ1v) is 8.88. The Hall–Kier alpha value is -1.70. The van der Waals surface area contributed by atoms with Crippen LogP contribution in [0.1, 0.15) is 5.56 Å². The number of amides is 1. The van der Waals surface area contributed by atoms with E-state index in [9.17, 15) is 9.18 Å². The van der Waals surface area contributed by atoms with Crippen molar-refractivity contribution in [2.45, 2.75) is 0 Å². The first kappa shape index (κ1) is 17.1. The Labute approximate surface area is 156 Å². The number of hydrogen-bond acceptors (Lipinski definition) is 4. The summed E-state index contributed by atoms with van der Waals surface area (Å²) in [5, 5.41) is 0. The lowest BCUT2D eigenvalue weighted by Gasteiger charge is -2.14. The molecule has 0 spiro atoms. The molecule has 1 aliphatic heterocycles. The average molecular weight is 424 g/mol. The molecule has 1 saturated heterocycles. The van der Waals surface area contributed by atoms with Gasteiger partial charge in [0.15, 0.2) is 4.32 Å². The third-order valence-electron chi connectivity index (χ3n) is 3.37. The molecule has 1 amide bonds. The van der Waals surface area contributed by atoms with Crippen LogP contribution in [0.5, 0.6) is 5.75 Å². The van der Waals surface area contributed by atoms with E-state index < -0.39 is 0 Å². The number of thioether (sulfide) groups is 1. The molecule has 1 fully saturated rings. The van der Waals surface area contributed by atoms with Gasteiger partial charge in [-0.3, -0.25) is 9.69 Å². The first-order valence-electron chi connectivity index (χ1n) is 6.86. The second kappa shape index (κ2) is 7.04. The molecule has 0 aromatic heterocycles. The molecule has 0 unspecified atom stereocenters. The maximum Gasteiger partial charge on any atom is 0.270 e. The molecule has 0 bridgehead atoms. The van der Waals surface area contributed by atoms with Crippen LogP contribution in [0.2, 0.25) is 0 Å². The molecule has 0 radical (unpaired) electrons. The highest BCUT2D eigenvalue weighted by Gasteiger charge is 2.33. The number of halogens is 2. The second-order valence-electron chi connectivity index (χ2n) is 4.89. The number of methoxy groups -OCH3 is 1. The van der Waals surface area contributed by atoms with Crippen LogP contribution >= 0.6 is 39.9 Å². The molecule has 3 nitrogen and oxygen atoms in total. The van der Waals surface area contributed by atoms with Gasteiger partial charge >= 0.3 is 0 Å². The number of rotatable bonds is 3. The largest absolute Gasteiger partial charge is 0.497 e. The Kier molecular flexibility index (Phi) is 5.03. The van der Waals surface area contributed by atoms with Crippen molar-refractivity contribution in [1.29, 1.82) is 0 Å². The SMILES string of the molecule is COc1ccc(N2C(=O)C(=Cc3ccc(F)c(Br)c3)SC2=S)cc1. The van der Waals surface area contributed by atoms with Crippen molar-refractivity contribution < 1.29 is 13.9 Å². The fourth-order valence-electron chi connectivity index (χ4n) is 2.18. The monoisotopic (exact) mass is 423 g/mol. The summed E-state index contributed by atoms with van der Waals surface area (Å²) in [4.78, 5) is 14.6. The molecule has 0 saturated carbocycles. The number of nitrogens with zero attached hydrogens (tertiary/aromatic N) is 1. The molecule has 1 heterocycles. The Morgan fingerprint density at radius 1 is 1.25 bits per heavy atom. The summed E-state index contributed by atoms with van der Waals surface area (Å²) in [7, 11) is 1.58. The van der Waals surface area contributed by atoms with Crippen LogP contribution in [0.3, 0.4) is 0 Å². The van der Waals surface area contributed by atoms with E-state index in [-0.39, 0.29) is 11.7 Å². The van der Waals surface area contributed by atoms with Gasteiger partial charge in [-0.1, -0.05) is 30.0 Å². The van der Waals surface area contributed by atoms with Gasteiger partial charge in [0.05, 0.1) is 22.2 Å². The summed E-state index contributed by atoms with van der Waals surface area (Å²) in [6.45, 7) is 0. The lowest BCUT2D eigenvalue weighted by Crippen LogP contribution is -2.27. The van der Waals surface area contributed by atoms with E-state index in [1.54, 1.807) is 49.6 Å². The van der Waals surface area contributed by atoms with Crippen LogP contribution in [0.25, 0.3) is 6.08 Å². The first-order chi connectivity index (χ1) is 11.5. The molecular weight excluding hydrogens is 413 g/mol. The van der Waals surface area contributed by atoms with E-state index in [2.05, 4.69) is 15.9 Å². The second-order valence-corrected chi connectivity index (χ2v) is 7.42. The molecular formula is C17H11BrFNO2S2. The maximum atomic E-state index is 13.3. The van der Waals surface area contributed by atoms with Gasteiger partial charge in [-0.15, -0.1) is 0 Å². The van der Waals surface area contributed by atoms with Crippen LogP contribution < -0.4 is 9.64 Å². The number of benzene rings is 2. The molecule has 0 N–H and O–H groups in total. The summed E-state index contributed by atoms with van der Waals surface area (Å²) in [5.74, 6) is 0.157. The van der Waals surface area contributed by atoms with Crippen molar-refractivity contribution in [3.8, 4) is 5.75 Å². The van der Waals surface area contributed by atoms with Gasteiger partial charge in [0, 0.05) is 0 Å². The predicted octanol–water partition coefficient (Wildman–Crippen LogP) is 5.00. The summed E-state index contributed by atoms with van der Waals surface area (Å²) < 4.78 is 19.2. The highest BCUT2D eigenvalue weighted by Crippen LogP contribution is 2.36. The number of ether oxygens (including phenoxy) is 1. The summed E-state index contributed by atoms with van der Waals surface area (Å²) in [6.07, 6.45) is 1.70. The topological polar surface area (TPSA) is 29.5 Å². The fourth-order valence-corrected chi connectivity index (χ4v) is 3.87. The zero-order chi connectivity index (χ0) is 17.3. The lowest BCUT2D eigenvalue weighted by molar-refractivity contribution is -0.113. The summed E-state index contributed by atoms with van der Waals surface area (Å²) in [6, 6.07) is 11.7. The van der Waals surface area contributed by atoms with E-state index in [1.807, 2.05) is 0 Å². The van der Waals surface area contributed by atoms with Crippen LogP contribution in [-0.4, -0.2) is 17.3 Å². The smallest absolute Gasteiger partial charge is 0.270 e. The van der Waals surface area contributed by atoms with Gasteiger partial charge in [0.1, 0.15) is 11.6 Å². The summed E-state index contributed by atoms with van der Waals surface area (Å²) in [5.41, 5.74) is 1.40. The standard InChI is InChI=1S/C17H11BrFNO2S2/c1-22-12-5-3-11(4-6-12)20-16(21)15(24-17(20)23)9-10-2-7-14(19)13(18)8-10/h2-9H,1H3. The van der Waals surface area contributed by atoms with Crippen LogP contribution in [0, 0.1) is 5.82 Å². The molecule has 1 aliphatic rings. The minimum atomic E-state index is -0.349. The van der Waals surface area contributed by atoms with Crippen molar-refractivity contribution in [3.63, 3.8) is 0 Å². The summed E-state index contributed by atoms with van der Waals surface area (Å²) >= 11 is 9.69. The third-order valence-corrected chi connectivity index (χ3v) is 5.28. The molecule has 3 rings (SSSR count). The van der Waals surface area contributed by atoms with E-state index in [0.717, 1.165) is 5.56 Å². The van der Waals surface area contributed by atoms with Crippen LogP contribution in [-0.2, 0) is 4.79 Å². The van der Waals surface area contributed by atoms with Crippen molar-refractivity contribution in [2.24, 2.45) is 0 Å². The molecule has 0 aliphatic carbocycles. The number of carbonyl (C=O) groups excluding carboxylic acids is 1. The Bertz CT molecular complexity index is 852. The quantitative estimate of drug-likeness (QED) is 0.512. The van der Waals surface area contributed by atoms with Gasteiger partial charge in [-0.2, -0.15) is 0 Å². The van der Waals surface area contributed by atoms with Crippen molar-refractivity contribution in [3.05, 3.63) is 63.2 Å². The van der Waals surface area contributed by atoms with Gasteiger partial charge in [-0.25, -0.2) is 4.39 Å². The predicted molar refractivity (Wildman–Crippen MR) is 103 cm³/mol. The van der Waals surface area contributed by atoms with Gasteiger partial charge < -0.3 is 4.74 Å².